The summed E-state index contributed by atoms with van der Waals surface area (Å²) in [7, 11) is 0. The van der Waals surface area contributed by atoms with Crippen LogP contribution >= 0.6 is 0 Å². The summed E-state index contributed by atoms with van der Waals surface area (Å²) >= 11 is 0. The summed E-state index contributed by atoms with van der Waals surface area (Å²) in [4.78, 5) is 14.7. The summed E-state index contributed by atoms with van der Waals surface area (Å²) in [5.74, 6) is -3.51. The van der Waals surface area contributed by atoms with Crippen molar-refractivity contribution in [1.29, 1.82) is 0 Å². The third-order valence-electron chi connectivity index (χ3n) is 3.41. The zero-order valence-corrected chi connectivity index (χ0v) is 11.0. The molecule has 0 unspecified atom stereocenters. The van der Waals surface area contributed by atoms with Crippen LogP contribution in [0.5, 0.6) is 0 Å². The number of benzene rings is 2. The second-order valence-electron chi connectivity index (χ2n) is 4.69. The lowest BCUT2D eigenvalue weighted by Crippen LogP contribution is -2.16. The second kappa shape index (κ2) is 5.05. The largest absolute Gasteiger partial charge is 0.328 e. The minimum Gasteiger partial charge on any atom is -0.296 e. The first kappa shape index (κ1) is 13.4. The summed E-state index contributed by atoms with van der Waals surface area (Å²) < 4.78 is 27.7. The molecule has 0 atom stereocenters. The maximum absolute atomic E-state index is 13.9. The molecule has 3 rings (SSSR count). The van der Waals surface area contributed by atoms with Gasteiger partial charge in [-0.1, -0.05) is 42.5 Å². The molecule has 4 heteroatoms. The van der Waals surface area contributed by atoms with E-state index in [-0.39, 0.29) is 11.8 Å². The van der Waals surface area contributed by atoms with Crippen molar-refractivity contribution in [2.75, 3.05) is 0 Å². The van der Waals surface area contributed by atoms with Gasteiger partial charge in [0.2, 0.25) is 0 Å². The highest BCUT2D eigenvalue weighted by molar-refractivity contribution is 5.97. The Hall–Kier alpha value is -2.62. The van der Waals surface area contributed by atoms with Gasteiger partial charge in [0.05, 0.1) is 0 Å². The smallest absolute Gasteiger partial charge is 0.296 e. The van der Waals surface area contributed by atoms with Crippen molar-refractivity contribution < 1.29 is 13.6 Å². The number of carbonyl (C=O) groups is 1. The van der Waals surface area contributed by atoms with E-state index in [9.17, 15) is 13.6 Å². The molecule has 3 aromatic rings. The molecule has 104 valence electrons. The molecule has 2 aromatic carbocycles. The van der Waals surface area contributed by atoms with E-state index in [1.165, 1.54) is 12.1 Å². The Morgan fingerprint density at radius 1 is 0.952 bits per heavy atom. The molecular weight excluding hydrogens is 272 g/mol. The van der Waals surface area contributed by atoms with Crippen molar-refractivity contribution in [3.8, 4) is 11.1 Å². The van der Waals surface area contributed by atoms with Crippen LogP contribution in [0.4, 0.5) is 8.78 Å². The molecule has 2 nitrogen and oxygen atoms in total. The van der Waals surface area contributed by atoms with Crippen molar-refractivity contribution in [2.45, 2.75) is 5.92 Å². The van der Waals surface area contributed by atoms with E-state index in [1.54, 1.807) is 42.7 Å². The van der Waals surface area contributed by atoms with Crippen LogP contribution < -0.4 is 0 Å². The highest BCUT2D eigenvalue weighted by Gasteiger charge is 2.33. The number of aldehydes is 1. The van der Waals surface area contributed by atoms with Crippen LogP contribution in [-0.4, -0.2) is 11.3 Å². The second-order valence-corrected chi connectivity index (χ2v) is 4.69. The molecule has 0 aliphatic rings. The number of pyridine rings is 1. The lowest BCUT2D eigenvalue weighted by atomic mass is 9.93. The van der Waals surface area contributed by atoms with E-state index in [0.717, 1.165) is 10.8 Å². The van der Waals surface area contributed by atoms with E-state index >= 15 is 0 Å². The third-order valence-corrected chi connectivity index (χ3v) is 3.41. The van der Waals surface area contributed by atoms with Gasteiger partial charge in [0.15, 0.2) is 6.29 Å². The van der Waals surface area contributed by atoms with Crippen LogP contribution in [0.15, 0.2) is 60.9 Å². The first-order chi connectivity index (χ1) is 10.1. The average molecular weight is 283 g/mol. The lowest BCUT2D eigenvalue weighted by molar-refractivity contribution is -0.130. The Bertz CT molecular complexity index is 809. The fraction of sp³-hybridized carbons (Fsp3) is 0.0588. The van der Waals surface area contributed by atoms with Crippen LogP contribution in [0.25, 0.3) is 21.9 Å². The molecular formula is C17H11F2NO. The van der Waals surface area contributed by atoms with Gasteiger partial charge in [-0.25, -0.2) is 0 Å². The molecule has 0 fully saturated rings. The molecule has 0 spiro atoms. The van der Waals surface area contributed by atoms with E-state index in [0.29, 0.717) is 11.1 Å². The van der Waals surface area contributed by atoms with Crippen molar-refractivity contribution in [3.63, 3.8) is 0 Å². The molecule has 0 aliphatic heterocycles. The highest BCUT2D eigenvalue weighted by atomic mass is 19.3. The molecule has 0 bridgehead atoms. The Morgan fingerprint density at radius 2 is 1.71 bits per heavy atom. The number of hydrogen-bond donors (Lipinski definition) is 0. The predicted molar refractivity (Wildman–Crippen MR) is 77.1 cm³/mol. The number of carbonyl (C=O) groups excluding carboxylic acids is 1. The molecule has 0 N–H and O–H groups in total. The molecule has 0 radical (unpaired) electrons. The van der Waals surface area contributed by atoms with E-state index < -0.39 is 5.92 Å². The maximum atomic E-state index is 13.9. The molecule has 0 amide bonds. The van der Waals surface area contributed by atoms with E-state index in [2.05, 4.69) is 4.98 Å². The topological polar surface area (TPSA) is 30.0 Å². The predicted octanol–water partition coefficient (Wildman–Crippen LogP) is 4.19. The number of fused-ring (bicyclic) bond motifs is 1. The molecule has 21 heavy (non-hydrogen) atoms. The van der Waals surface area contributed by atoms with Crippen LogP contribution in [0.1, 0.15) is 5.56 Å². The number of aromatic nitrogens is 1. The van der Waals surface area contributed by atoms with E-state index in [4.69, 9.17) is 0 Å². The standard InChI is InChI=1S/C17H11F2NO/c18-17(19,11-21)16-7-2-1-5-15(16)14-6-3-4-12-10-20-9-8-13(12)14/h1-11H. The summed E-state index contributed by atoms with van der Waals surface area (Å²) in [5, 5.41) is 1.68. The fourth-order valence-corrected chi connectivity index (χ4v) is 2.43. The summed E-state index contributed by atoms with van der Waals surface area (Å²) in [6.45, 7) is 0. The lowest BCUT2D eigenvalue weighted by Gasteiger charge is -2.16. The van der Waals surface area contributed by atoms with Crippen LogP contribution in [0, 0.1) is 0 Å². The Balaban J connectivity index is 2.32. The monoisotopic (exact) mass is 283 g/mol. The normalized spacial score (nSPS) is 11.5. The van der Waals surface area contributed by atoms with Crippen LogP contribution in [0.2, 0.25) is 0 Å². The maximum Gasteiger partial charge on any atom is 0.328 e. The fourth-order valence-electron chi connectivity index (χ4n) is 2.43. The summed E-state index contributed by atoms with van der Waals surface area (Å²) in [6, 6.07) is 13.3. The quantitative estimate of drug-likeness (QED) is 0.674. The minimum absolute atomic E-state index is 0.288. The van der Waals surface area contributed by atoms with Crippen molar-refractivity contribution in [2.24, 2.45) is 0 Å². The highest BCUT2D eigenvalue weighted by Crippen LogP contribution is 2.37. The first-order valence-corrected chi connectivity index (χ1v) is 6.40. The minimum atomic E-state index is -3.51. The number of nitrogens with zero attached hydrogens (tertiary/aromatic N) is 1. The van der Waals surface area contributed by atoms with Gasteiger partial charge in [-0.15, -0.1) is 0 Å². The molecule has 1 aromatic heterocycles. The zero-order valence-electron chi connectivity index (χ0n) is 11.0. The molecule has 0 saturated carbocycles. The third kappa shape index (κ3) is 2.29. The van der Waals surface area contributed by atoms with Gasteiger partial charge in [-0.2, -0.15) is 8.78 Å². The van der Waals surface area contributed by atoms with Gasteiger partial charge in [-0.05, 0) is 22.6 Å². The Labute approximate surface area is 120 Å². The Morgan fingerprint density at radius 3 is 2.52 bits per heavy atom. The van der Waals surface area contributed by atoms with Gasteiger partial charge in [0, 0.05) is 23.3 Å². The van der Waals surface area contributed by atoms with Crippen molar-refractivity contribution in [1.82, 2.24) is 4.98 Å². The van der Waals surface area contributed by atoms with Gasteiger partial charge in [-0.3, -0.25) is 9.78 Å². The first-order valence-electron chi connectivity index (χ1n) is 6.40. The summed E-state index contributed by atoms with van der Waals surface area (Å²) in [6.07, 6.45) is 2.98. The molecule has 0 aliphatic carbocycles. The Kier molecular flexibility index (Phi) is 3.22. The van der Waals surface area contributed by atoms with Gasteiger partial charge < -0.3 is 0 Å². The number of rotatable bonds is 3. The molecule has 0 saturated heterocycles. The molecule has 1 heterocycles. The number of alkyl halides is 2. The van der Waals surface area contributed by atoms with Crippen LogP contribution in [-0.2, 0) is 10.7 Å². The SMILES string of the molecule is O=CC(F)(F)c1ccccc1-c1cccc2cnccc12. The van der Waals surface area contributed by atoms with Gasteiger partial charge in [0.25, 0.3) is 0 Å². The average Bonchev–Trinajstić information content (AvgIpc) is 2.54. The number of hydrogen-bond acceptors (Lipinski definition) is 2. The van der Waals surface area contributed by atoms with Crippen molar-refractivity contribution in [3.05, 3.63) is 66.5 Å². The number of halogens is 2. The van der Waals surface area contributed by atoms with Crippen LogP contribution in [0.3, 0.4) is 0 Å². The van der Waals surface area contributed by atoms with Gasteiger partial charge in [0.1, 0.15) is 0 Å². The zero-order chi connectivity index (χ0) is 14.9. The van der Waals surface area contributed by atoms with E-state index in [1.807, 2.05) is 6.07 Å². The van der Waals surface area contributed by atoms with Gasteiger partial charge >= 0.3 is 5.92 Å². The summed E-state index contributed by atoms with van der Waals surface area (Å²) in [5.41, 5.74) is 0.725. The van der Waals surface area contributed by atoms with Crippen molar-refractivity contribution >= 4 is 17.1 Å².